The van der Waals surface area contributed by atoms with E-state index in [0.29, 0.717) is 11.3 Å². The smallest absolute Gasteiger partial charge is 0.214 e. The highest BCUT2D eigenvalue weighted by molar-refractivity contribution is 7.89. The Kier molecular flexibility index (Phi) is 4.81. The molecule has 1 aromatic rings. The molecule has 0 aliphatic heterocycles. The molecule has 0 fully saturated rings. The van der Waals surface area contributed by atoms with E-state index < -0.39 is 10.0 Å². The molecule has 1 aromatic carbocycles. The summed E-state index contributed by atoms with van der Waals surface area (Å²) in [6.45, 7) is 6.12. The fraction of sp³-hybridized carbons (Fsp3) is 0.538. The third-order valence-corrected chi connectivity index (χ3v) is 5.19. The molecule has 0 saturated carbocycles. The molecule has 3 nitrogen and oxygen atoms in total. The number of rotatable bonds is 4. The van der Waals surface area contributed by atoms with Crippen LogP contribution in [0.2, 0.25) is 0 Å². The minimum Gasteiger partial charge on any atom is -0.214 e. The second-order valence-electron chi connectivity index (χ2n) is 5.35. The molecular weight excluding hydrogens is 270 g/mol. The van der Waals surface area contributed by atoms with Gasteiger partial charge < -0.3 is 0 Å². The van der Waals surface area contributed by atoms with Gasteiger partial charge in [0.1, 0.15) is 0 Å². The molecule has 1 unspecified atom stereocenters. The highest BCUT2D eigenvalue weighted by Gasteiger charge is 2.25. The number of hydrogen-bond donors (Lipinski definition) is 1. The Hall–Kier alpha value is -0.580. The topological polar surface area (TPSA) is 46.2 Å². The Morgan fingerprint density at radius 2 is 1.83 bits per heavy atom. The number of nitrogens with one attached hydrogen (secondary N) is 1. The van der Waals surface area contributed by atoms with Crippen molar-refractivity contribution in [3.8, 4) is 0 Å². The fourth-order valence-corrected chi connectivity index (χ4v) is 2.68. The lowest BCUT2D eigenvalue weighted by Gasteiger charge is -2.25. The third kappa shape index (κ3) is 3.70. The molecule has 5 heteroatoms. The van der Waals surface area contributed by atoms with E-state index in [9.17, 15) is 8.42 Å². The third-order valence-electron chi connectivity index (χ3n) is 2.87. The molecule has 0 heterocycles. The Labute approximate surface area is 115 Å². The van der Waals surface area contributed by atoms with Crippen molar-refractivity contribution in [1.29, 1.82) is 0 Å². The number of hydrogen-bond acceptors (Lipinski definition) is 2. The van der Waals surface area contributed by atoms with Crippen molar-refractivity contribution in [2.75, 3.05) is 7.05 Å². The molecule has 0 aliphatic carbocycles. The number of alkyl halides is 1. The Morgan fingerprint density at radius 1 is 1.28 bits per heavy atom. The first-order chi connectivity index (χ1) is 8.18. The van der Waals surface area contributed by atoms with Gasteiger partial charge >= 0.3 is 0 Å². The Balaban J connectivity index is 3.12. The number of halogens is 1. The molecule has 0 bridgehead atoms. The van der Waals surface area contributed by atoms with Crippen LogP contribution >= 0.6 is 11.6 Å². The standard InChI is InChI=1S/C13H20ClNO2S/c1-13(2,3)12(14)9-10-7-5-6-8-11(10)18(16,17)15-4/h5-8,12,15H,9H2,1-4H3. The fourth-order valence-electron chi connectivity index (χ4n) is 1.54. The number of sulfonamides is 1. The van der Waals surface area contributed by atoms with Crippen molar-refractivity contribution >= 4 is 21.6 Å². The second-order valence-corrected chi connectivity index (χ2v) is 7.73. The molecule has 1 N–H and O–H groups in total. The molecule has 0 saturated heterocycles. The summed E-state index contributed by atoms with van der Waals surface area (Å²) in [7, 11) is -2.02. The summed E-state index contributed by atoms with van der Waals surface area (Å²) < 4.78 is 26.1. The first-order valence-corrected chi connectivity index (χ1v) is 7.76. The van der Waals surface area contributed by atoms with E-state index >= 15 is 0 Å². The van der Waals surface area contributed by atoms with Gasteiger partial charge in [0.05, 0.1) is 4.90 Å². The molecule has 1 rings (SSSR count). The lowest BCUT2D eigenvalue weighted by molar-refractivity contribution is 0.385. The van der Waals surface area contributed by atoms with Crippen molar-refractivity contribution in [2.45, 2.75) is 37.5 Å². The maximum absolute atomic E-state index is 11.9. The first-order valence-electron chi connectivity index (χ1n) is 5.84. The van der Waals surface area contributed by atoms with Gasteiger partial charge in [-0.3, -0.25) is 0 Å². The summed E-state index contributed by atoms with van der Waals surface area (Å²) in [6.07, 6.45) is 0.530. The monoisotopic (exact) mass is 289 g/mol. The number of benzene rings is 1. The molecule has 0 radical (unpaired) electrons. The van der Waals surface area contributed by atoms with Gasteiger partial charge in [0.15, 0.2) is 0 Å². The highest BCUT2D eigenvalue weighted by Crippen LogP contribution is 2.29. The minimum atomic E-state index is -3.43. The maximum atomic E-state index is 11.9. The molecule has 0 amide bonds. The lowest BCUT2D eigenvalue weighted by atomic mass is 9.88. The molecule has 102 valence electrons. The van der Waals surface area contributed by atoms with Gasteiger partial charge in [-0.15, -0.1) is 11.6 Å². The summed E-state index contributed by atoms with van der Waals surface area (Å²) in [4.78, 5) is 0.308. The molecule has 0 aromatic heterocycles. The van der Waals surface area contributed by atoms with Crippen molar-refractivity contribution < 1.29 is 8.42 Å². The van der Waals surface area contributed by atoms with E-state index in [4.69, 9.17) is 11.6 Å². The predicted octanol–water partition coefficient (Wildman–Crippen LogP) is 2.79. The van der Waals surface area contributed by atoms with Gasteiger partial charge in [-0.05, 0) is 30.5 Å². The largest absolute Gasteiger partial charge is 0.240 e. The average molecular weight is 290 g/mol. The molecule has 1 atom stereocenters. The average Bonchev–Trinajstić information content (AvgIpc) is 2.28. The molecule has 18 heavy (non-hydrogen) atoms. The van der Waals surface area contributed by atoms with E-state index in [2.05, 4.69) is 4.72 Å². The maximum Gasteiger partial charge on any atom is 0.240 e. The summed E-state index contributed by atoms with van der Waals surface area (Å²) in [5, 5.41) is -0.120. The van der Waals surface area contributed by atoms with Crippen LogP contribution in [0.4, 0.5) is 0 Å². The normalized spacial score (nSPS) is 14.5. The quantitative estimate of drug-likeness (QED) is 0.867. The van der Waals surface area contributed by atoms with E-state index in [1.807, 2.05) is 32.9 Å². The van der Waals surface area contributed by atoms with Crippen LogP contribution in [0.25, 0.3) is 0 Å². The van der Waals surface area contributed by atoms with E-state index in [-0.39, 0.29) is 10.8 Å². The van der Waals surface area contributed by atoms with E-state index in [1.54, 1.807) is 12.1 Å². The summed E-state index contributed by atoms with van der Waals surface area (Å²) in [5.41, 5.74) is 0.680. The Bertz CT molecular complexity index is 506. The van der Waals surface area contributed by atoms with Crippen LogP contribution in [-0.2, 0) is 16.4 Å². The summed E-state index contributed by atoms with van der Waals surface area (Å²) in [6, 6.07) is 6.96. The van der Waals surface area contributed by atoms with Crippen LogP contribution in [-0.4, -0.2) is 20.8 Å². The summed E-state index contributed by atoms with van der Waals surface area (Å²) in [5.74, 6) is 0. The summed E-state index contributed by atoms with van der Waals surface area (Å²) >= 11 is 6.34. The van der Waals surface area contributed by atoms with Crippen molar-refractivity contribution in [1.82, 2.24) is 4.72 Å². The van der Waals surface area contributed by atoms with Crippen LogP contribution in [0.1, 0.15) is 26.3 Å². The van der Waals surface area contributed by atoms with Gasteiger partial charge in [-0.2, -0.15) is 0 Å². The van der Waals surface area contributed by atoms with Crippen molar-refractivity contribution in [3.63, 3.8) is 0 Å². The van der Waals surface area contributed by atoms with Crippen molar-refractivity contribution in [3.05, 3.63) is 29.8 Å². The van der Waals surface area contributed by atoms with E-state index in [1.165, 1.54) is 7.05 Å². The minimum absolute atomic E-state index is 0.0714. The van der Waals surface area contributed by atoms with Crippen LogP contribution in [0.5, 0.6) is 0 Å². The van der Waals surface area contributed by atoms with Crippen LogP contribution in [0, 0.1) is 5.41 Å². The van der Waals surface area contributed by atoms with Gasteiger partial charge in [0.2, 0.25) is 10.0 Å². The molecular formula is C13H20ClNO2S. The molecule has 0 aliphatic rings. The zero-order valence-corrected chi connectivity index (χ0v) is 12.8. The van der Waals surface area contributed by atoms with Crippen LogP contribution < -0.4 is 4.72 Å². The van der Waals surface area contributed by atoms with Gasteiger partial charge in [-0.25, -0.2) is 13.1 Å². The highest BCUT2D eigenvalue weighted by atomic mass is 35.5. The van der Waals surface area contributed by atoms with Crippen LogP contribution in [0.15, 0.2) is 29.2 Å². The molecule has 0 spiro atoms. The zero-order valence-electron chi connectivity index (χ0n) is 11.2. The van der Waals surface area contributed by atoms with Gasteiger partial charge in [0.25, 0.3) is 0 Å². The second kappa shape index (κ2) is 5.59. The van der Waals surface area contributed by atoms with Gasteiger partial charge in [0, 0.05) is 5.38 Å². The Morgan fingerprint density at radius 3 is 2.33 bits per heavy atom. The van der Waals surface area contributed by atoms with E-state index in [0.717, 1.165) is 5.56 Å². The van der Waals surface area contributed by atoms with Gasteiger partial charge in [-0.1, -0.05) is 39.0 Å². The first kappa shape index (κ1) is 15.5. The van der Waals surface area contributed by atoms with Crippen LogP contribution in [0.3, 0.4) is 0 Å². The lowest BCUT2D eigenvalue weighted by Crippen LogP contribution is -2.25. The predicted molar refractivity (Wildman–Crippen MR) is 75.5 cm³/mol. The SMILES string of the molecule is CNS(=O)(=O)c1ccccc1CC(Cl)C(C)(C)C. The van der Waals surface area contributed by atoms with Crippen molar-refractivity contribution in [2.24, 2.45) is 5.41 Å². The zero-order chi connectivity index (χ0) is 14.0.